The molecule has 4 nitrogen and oxygen atoms in total. The number of fused-ring (bicyclic) bond motifs is 1. The van der Waals surface area contributed by atoms with E-state index in [9.17, 15) is 4.79 Å². The van der Waals surface area contributed by atoms with Crippen LogP contribution in [0.25, 0.3) is 10.9 Å². The van der Waals surface area contributed by atoms with Gasteiger partial charge in [-0.2, -0.15) is 0 Å². The lowest BCUT2D eigenvalue weighted by Gasteiger charge is -2.18. The molecule has 0 spiro atoms. The highest BCUT2D eigenvalue weighted by Gasteiger charge is 2.23. The largest absolute Gasteiger partial charge is 0.497 e. The molecule has 0 atom stereocenters. The highest BCUT2D eigenvalue weighted by Crippen LogP contribution is 2.31. The molecule has 1 fully saturated rings. The molecule has 1 aliphatic rings. The molecule has 4 heteroatoms. The van der Waals surface area contributed by atoms with E-state index in [1.807, 2.05) is 23.1 Å². The van der Waals surface area contributed by atoms with Crippen molar-refractivity contribution in [2.24, 2.45) is 0 Å². The number of carbonyl (C=O) groups is 1. The minimum absolute atomic E-state index is 0.0646. The smallest absolute Gasteiger partial charge is 0.256 e. The number of hydrogen-bond donors (Lipinski definition) is 0. The van der Waals surface area contributed by atoms with E-state index < -0.39 is 0 Å². The maximum Gasteiger partial charge on any atom is 0.256 e. The highest BCUT2D eigenvalue weighted by molar-refractivity contribution is 6.07. The molecule has 0 saturated carbocycles. The Kier molecular flexibility index (Phi) is 4.01. The Morgan fingerprint density at radius 3 is 2.64 bits per heavy atom. The zero-order valence-corrected chi connectivity index (χ0v) is 13.4. The molecule has 116 valence electrons. The van der Waals surface area contributed by atoms with Crippen molar-refractivity contribution < 1.29 is 9.53 Å². The number of aromatic nitrogens is 1. The highest BCUT2D eigenvalue weighted by atomic mass is 16.5. The van der Waals surface area contributed by atoms with Crippen LogP contribution in [0.1, 0.15) is 48.5 Å². The third-order valence-electron chi connectivity index (χ3n) is 4.33. The molecule has 2 heterocycles. The van der Waals surface area contributed by atoms with Gasteiger partial charge in [0, 0.05) is 24.7 Å². The second-order valence-corrected chi connectivity index (χ2v) is 6.13. The van der Waals surface area contributed by atoms with Crippen LogP contribution >= 0.6 is 0 Å². The van der Waals surface area contributed by atoms with Gasteiger partial charge in [0.05, 0.1) is 18.2 Å². The quantitative estimate of drug-likeness (QED) is 0.869. The summed E-state index contributed by atoms with van der Waals surface area (Å²) in [5.41, 5.74) is 2.63. The predicted octanol–water partition coefficient (Wildman–Crippen LogP) is 3.60. The standard InChI is InChI=1S/C18H22N2O2/c1-12(2)14-6-7-19-17-15(14)10-13(22-3)11-16(17)18(21)20-8-4-5-9-20/h6-7,10-12H,4-5,8-9H2,1-3H3. The second kappa shape index (κ2) is 5.95. The zero-order chi connectivity index (χ0) is 15.7. The van der Waals surface area contributed by atoms with Crippen LogP contribution in [0.2, 0.25) is 0 Å². The number of benzene rings is 1. The fraction of sp³-hybridized carbons (Fsp3) is 0.444. The first kappa shape index (κ1) is 14.8. The Morgan fingerprint density at radius 1 is 1.27 bits per heavy atom. The summed E-state index contributed by atoms with van der Waals surface area (Å²) in [4.78, 5) is 19.2. The molecule has 0 N–H and O–H groups in total. The summed E-state index contributed by atoms with van der Waals surface area (Å²) in [6, 6.07) is 5.83. The number of likely N-dealkylation sites (tertiary alicyclic amines) is 1. The molecule has 0 unspecified atom stereocenters. The van der Waals surface area contributed by atoms with Gasteiger partial charge in [-0.1, -0.05) is 13.8 Å². The van der Waals surface area contributed by atoms with Gasteiger partial charge >= 0.3 is 0 Å². The molecule has 22 heavy (non-hydrogen) atoms. The van der Waals surface area contributed by atoms with Crippen molar-refractivity contribution in [3.8, 4) is 5.75 Å². The summed E-state index contributed by atoms with van der Waals surface area (Å²) in [6.45, 7) is 5.97. The van der Waals surface area contributed by atoms with Crippen LogP contribution < -0.4 is 4.74 Å². The van der Waals surface area contributed by atoms with E-state index in [4.69, 9.17) is 4.74 Å². The van der Waals surface area contributed by atoms with Gasteiger partial charge in [0.25, 0.3) is 5.91 Å². The van der Waals surface area contributed by atoms with Crippen molar-refractivity contribution in [2.75, 3.05) is 20.2 Å². The van der Waals surface area contributed by atoms with E-state index in [0.29, 0.717) is 17.2 Å². The van der Waals surface area contributed by atoms with Gasteiger partial charge in [0.2, 0.25) is 0 Å². The lowest BCUT2D eigenvalue weighted by atomic mass is 9.96. The van der Waals surface area contributed by atoms with Crippen molar-refractivity contribution >= 4 is 16.8 Å². The molecule has 0 aliphatic carbocycles. The molecule has 1 aromatic heterocycles. The van der Waals surface area contributed by atoms with Crippen LogP contribution in [-0.2, 0) is 0 Å². The molecule has 1 aromatic carbocycles. The average Bonchev–Trinajstić information content (AvgIpc) is 3.06. The Morgan fingerprint density at radius 2 is 2.00 bits per heavy atom. The molecule has 2 aromatic rings. The third kappa shape index (κ3) is 2.54. The third-order valence-corrected chi connectivity index (χ3v) is 4.33. The molecule has 1 amide bonds. The van der Waals surface area contributed by atoms with E-state index >= 15 is 0 Å². The minimum Gasteiger partial charge on any atom is -0.497 e. The summed E-state index contributed by atoms with van der Waals surface area (Å²) in [7, 11) is 1.64. The maximum absolute atomic E-state index is 12.8. The lowest BCUT2D eigenvalue weighted by Crippen LogP contribution is -2.28. The molecule has 3 rings (SSSR count). The van der Waals surface area contributed by atoms with Crippen LogP contribution in [0.5, 0.6) is 5.75 Å². The first-order valence-corrected chi connectivity index (χ1v) is 7.87. The summed E-state index contributed by atoms with van der Waals surface area (Å²) in [5, 5.41) is 1.01. The number of hydrogen-bond acceptors (Lipinski definition) is 3. The first-order chi connectivity index (χ1) is 10.6. The number of nitrogens with zero attached hydrogens (tertiary/aromatic N) is 2. The number of carbonyl (C=O) groups excluding carboxylic acids is 1. The molecule has 1 saturated heterocycles. The van der Waals surface area contributed by atoms with Crippen molar-refractivity contribution in [2.45, 2.75) is 32.6 Å². The van der Waals surface area contributed by atoms with Gasteiger partial charge in [0.1, 0.15) is 5.75 Å². The van der Waals surface area contributed by atoms with Crippen LogP contribution in [-0.4, -0.2) is 36.0 Å². The van der Waals surface area contributed by atoms with Crippen LogP contribution in [0.4, 0.5) is 0 Å². The molecular formula is C18H22N2O2. The van der Waals surface area contributed by atoms with Gasteiger partial charge in [-0.15, -0.1) is 0 Å². The van der Waals surface area contributed by atoms with E-state index in [-0.39, 0.29) is 5.91 Å². The minimum atomic E-state index is 0.0646. The van der Waals surface area contributed by atoms with E-state index in [2.05, 4.69) is 18.8 Å². The molecular weight excluding hydrogens is 276 g/mol. The topological polar surface area (TPSA) is 42.4 Å². The summed E-state index contributed by atoms with van der Waals surface area (Å²) >= 11 is 0. The molecule has 0 bridgehead atoms. The number of rotatable bonds is 3. The fourth-order valence-electron chi connectivity index (χ4n) is 3.12. The Labute approximate surface area is 131 Å². The monoisotopic (exact) mass is 298 g/mol. The number of pyridine rings is 1. The Hall–Kier alpha value is -2.10. The van der Waals surface area contributed by atoms with Gasteiger partial charge in [-0.3, -0.25) is 9.78 Å². The fourth-order valence-corrected chi connectivity index (χ4v) is 3.12. The lowest BCUT2D eigenvalue weighted by molar-refractivity contribution is 0.0794. The summed E-state index contributed by atoms with van der Waals surface area (Å²) in [6.07, 6.45) is 3.96. The van der Waals surface area contributed by atoms with E-state index in [1.165, 1.54) is 5.56 Å². The van der Waals surface area contributed by atoms with Gasteiger partial charge in [-0.25, -0.2) is 0 Å². The Balaban J connectivity index is 2.20. The van der Waals surface area contributed by atoms with Crippen molar-refractivity contribution in [3.05, 3.63) is 35.5 Å². The van der Waals surface area contributed by atoms with Crippen molar-refractivity contribution in [1.29, 1.82) is 0 Å². The SMILES string of the molecule is COc1cc(C(=O)N2CCCC2)c2nccc(C(C)C)c2c1. The van der Waals surface area contributed by atoms with Crippen LogP contribution in [0.15, 0.2) is 24.4 Å². The Bertz CT molecular complexity index is 704. The van der Waals surface area contributed by atoms with Gasteiger partial charge in [0.15, 0.2) is 0 Å². The molecule has 0 radical (unpaired) electrons. The van der Waals surface area contributed by atoms with Gasteiger partial charge < -0.3 is 9.64 Å². The predicted molar refractivity (Wildman–Crippen MR) is 87.5 cm³/mol. The zero-order valence-electron chi connectivity index (χ0n) is 13.4. The average molecular weight is 298 g/mol. The van der Waals surface area contributed by atoms with Crippen LogP contribution in [0, 0.1) is 0 Å². The number of amides is 1. The van der Waals surface area contributed by atoms with Crippen molar-refractivity contribution in [1.82, 2.24) is 9.88 Å². The second-order valence-electron chi connectivity index (χ2n) is 6.13. The molecule has 1 aliphatic heterocycles. The van der Waals surface area contributed by atoms with Crippen LogP contribution in [0.3, 0.4) is 0 Å². The summed E-state index contributed by atoms with van der Waals surface area (Å²) in [5.74, 6) is 1.15. The van der Waals surface area contributed by atoms with E-state index in [0.717, 1.165) is 36.8 Å². The van der Waals surface area contributed by atoms with Crippen molar-refractivity contribution in [3.63, 3.8) is 0 Å². The van der Waals surface area contributed by atoms with Gasteiger partial charge in [-0.05, 0) is 42.5 Å². The number of methoxy groups -OCH3 is 1. The number of ether oxygens (including phenoxy) is 1. The summed E-state index contributed by atoms with van der Waals surface area (Å²) < 4.78 is 5.41. The first-order valence-electron chi connectivity index (χ1n) is 7.87. The van der Waals surface area contributed by atoms with E-state index in [1.54, 1.807) is 13.3 Å². The maximum atomic E-state index is 12.8. The normalized spacial score (nSPS) is 14.8.